The van der Waals surface area contributed by atoms with Crippen LogP contribution in [0.4, 0.5) is 0 Å². The minimum atomic E-state index is 0.0894. The van der Waals surface area contributed by atoms with Crippen molar-refractivity contribution < 1.29 is 4.79 Å². The average Bonchev–Trinajstić information content (AvgIpc) is 2.68. The standard InChI is InChI=1S/C13H23N3O/c1-13(2)6-4-11(5-7-13)15-12(17)10-8-14-16(3)9-10/h9,11,14H,4-8H2,1-3H3,(H,15,17). The van der Waals surface area contributed by atoms with Gasteiger partial charge in [-0.3, -0.25) is 4.79 Å². The molecule has 2 aliphatic rings. The zero-order valence-corrected chi connectivity index (χ0v) is 11.0. The minimum absolute atomic E-state index is 0.0894. The van der Waals surface area contributed by atoms with Crippen LogP contribution >= 0.6 is 0 Å². The highest BCUT2D eigenvalue weighted by atomic mass is 16.1. The van der Waals surface area contributed by atoms with Crippen molar-refractivity contribution in [3.63, 3.8) is 0 Å². The van der Waals surface area contributed by atoms with Crippen molar-refractivity contribution in [3.05, 3.63) is 11.8 Å². The highest BCUT2D eigenvalue weighted by Crippen LogP contribution is 2.35. The van der Waals surface area contributed by atoms with Crippen LogP contribution in [0.15, 0.2) is 11.8 Å². The molecular weight excluding hydrogens is 214 g/mol. The van der Waals surface area contributed by atoms with E-state index in [0.29, 0.717) is 18.0 Å². The number of nitrogens with one attached hydrogen (secondary N) is 2. The van der Waals surface area contributed by atoms with Gasteiger partial charge in [0.25, 0.3) is 0 Å². The molecule has 17 heavy (non-hydrogen) atoms. The van der Waals surface area contributed by atoms with Gasteiger partial charge >= 0.3 is 0 Å². The van der Waals surface area contributed by atoms with E-state index in [-0.39, 0.29) is 5.91 Å². The molecule has 2 N–H and O–H groups in total. The zero-order valence-electron chi connectivity index (χ0n) is 11.0. The molecule has 1 aliphatic carbocycles. The largest absolute Gasteiger partial charge is 0.349 e. The molecule has 1 amide bonds. The second-order valence-corrected chi connectivity index (χ2v) is 6.01. The van der Waals surface area contributed by atoms with Crippen LogP contribution in [0.25, 0.3) is 0 Å². The first-order chi connectivity index (χ1) is 7.96. The van der Waals surface area contributed by atoms with E-state index in [9.17, 15) is 4.79 Å². The summed E-state index contributed by atoms with van der Waals surface area (Å²) < 4.78 is 0. The van der Waals surface area contributed by atoms with Gasteiger partial charge in [-0.05, 0) is 31.1 Å². The van der Waals surface area contributed by atoms with E-state index >= 15 is 0 Å². The maximum absolute atomic E-state index is 12.0. The second kappa shape index (κ2) is 4.69. The Morgan fingerprint density at radius 3 is 2.65 bits per heavy atom. The van der Waals surface area contributed by atoms with Crippen molar-refractivity contribution in [2.45, 2.75) is 45.6 Å². The van der Waals surface area contributed by atoms with Crippen LogP contribution < -0.4 is 10.7 Å². The van der Waals surface area contributed by atoms with Crippen molar-refractivity contribution in [3.8, 4) is 0 Å². The number of rotatable bonds is 2. The quantitative estimate of drug-likeness (QED) is 0.763. The molecule has 4 heteroatoms. The van der Waals surface area contributed by atoms with Crippen LogP contribution in [0.2, 0.25) is 0 Å². The number of hydrazine groups is 1. The molecular formula is C13H23N3O. The Balaban J connectivity index is 1.82. The van der Waals surface area contributed by atoms with Crippen LogP contribution in [0, 0.1) is 5.41 Å². The van der Waals surface area contributed by atoms with Crippen LogP contribution in [0.3, 0.4) is 0 Å². The Morgan fingerprint density at radius 1 is 1.47 bits per heavy atom. The number of carbonyl (C=O) groups excluding carboxylic acids is 1. The lowest BCUT2D eigenvalue weighted by atomic mass is 9.75. The Labute approximate surface area is 103 Å². The molecule has 0 aromatic rings. The molecule has 0 aromatic carbocycles. The number of amides is 1. The summed E-state index contributed by atoms with van der Waals surface area (Å²) in [5.41, 5.74) is 4.37. The summed E-state index contributed by atoms with van der Waals surface area (Å²) in [4.78, 5) is 12.0. The number of carbonyl (C=O) groups is 1. The molecule has 0 aromatic heterocycles. The molecule has 1 aliphatic heterocycles. The first-order valence-electron chi connectivity index (χ1n) is 6.44. The average molecular weight is 237 g/mol. The smallest absolute Gasteiger partial charge is 0.250 e. The van der Waals surface area contributed by atoms with Crippen molar-refractivity contribution >= 4 is 5.91 Å². The van der Waals surface area contributed by atoms with Gasteiger partial charge in [0, 0.05) is 31.4 Å². The molecule has 1 saturated carbocycles. The van der Waals surface area contributed by atoms with Crippen LogP contribution in [-0.4, -0.2) is 30.6 Å². The SMILES string of the molecule is CN1C=C(C(=O)NC2CCC(C)(C)CC2)CN1. The normalized spacial score (nSPS) is 24.6. The minimum Gasteiger partial charge on any atom is -0.349 e. The van der Waals surface area contributed by atoms with Crippen LogP contribution in [0.1, 0.15) is 39.5 Å². The van der Waals surface area contributed by atoms with Crippen molar-refractivity contribution in [1.29, 1.82) is 0 Å². The highest BCUT2D eigenvalue weighted by molar-refractivity contribution is 5.94. The first-order valence-corrected chi connectivity index (χ1v) is 6.44. The van der Waals surface area contributed by atoms with Gasteiger partial charge in [-0.15, -0.1) is 0 Å². The molecule has 0 unspecified atom stereocenters. The lowest BCUT2D eigenvalue weighted by molar-refractivity contribution is -0.118. The van der Waals surface area contributed by atoms with Crippen LogP contribution in [-0.2, 0) is 4.79 Å². The summed E-state index contributed by atoms with van der Waals surface area (Å²) in [5, 5.41) is 4.98. The highest BCUT2D eigenvalue weighted by Gasteiger charge is 2.28. The van der Waals surface area contributed by atoms with Gasteiger partial charge < -0.3 is 10.3 Å². The Hall–Kier alpha value is -1.03. The fraction of sp³-hybridized carbons (Fsp3) is 0.769. The molecule has 0 radical (unpaired) electrons. The van der Waals surface area contributed by atoms with Gasteiger partial charge in [0.05, 0.1) is 0 Å². The van der Waals surface area contributed by atoms with E-state index in [2.05, 4.69) is 24.6 Å². The first kappa shape index (κ1) is 12.4. The van der Waals surface area contributed by atoms with Gasteiger partial charge in [0.15, 0.2) is 0 Å². The van der Waals surface area contributed by atoms with Gasteiger partial charge in [-0.25, -0.2) is 5.43 Å². The van der Waals surface area contributed by atoms with E-state index in [1.807, 2.05) is 18.3 Å². The van der Waals surface area contributed by atoms with Crippen molar-refractivity contribution in [2.75, 3.05) is 13.6 Å². The third kappa shape index (κ3) is 3.22. The zero-order chi connectivity index (χ0) is 12.5. The Morgan fingerprint density at radius 2 is 2.12 bits per heavy atom. The number of hydrogen-bond acceptors (Lipinski definition) is 3. The lowest BCUT2D eigenvalue weighted by Gasteiger charge is -2.34. The molecule has 0 bridgehead atoms. The molecule has 2 rings (SSSR count). The summed E-state index contributed by atoms with van der Waals surface area (Å²) in [5.74, 6) is 0.0894. The molecule has 0 saturated heterocycles. The summed E-state index contributed by atoms with van der Waals surface area (Å²) in [7, 11) is 1.91. The van der Waals surface area contributed by atoms with E-state index < -0.39 is 0 Å². The van der Waals surface area contributed by atoms with Gasteiger partial charge in [0.1, 0.15) is 0 Å². The summed E-state index contributed by atoms with van der Waals surface area (Å²) in [6, 6.07) is 0.363. The second-order valence-electron chi connectivity index (χ2n) is 6.01. The molecule has 0 atom stereocenters. The van der Waals surface area contributed by atoms with E-state index in [0.717, 1.165) is 18.4 Å². The van der Waals surface area contributed by atoms with Gasteiger partial charge in [-0.2, -0.15) is 0 Å². The molecule has 1 heterocycles. The van der Waals surface area contributed by atoms with E-state index in [4.69, 9.17) is 0 Å². The molecule has 1 fully saturated rings. The third-order valence-corrected chi connectivity index (χ3v) is 3.83. The summed E-state index contributed by atoms with van der Waals surface area (Å²) in [6.07, 6.45) is 6.48. The summed E-state index contributed by atoms with van der Waals surface area (Å²) in [6.45, 7) is 5.26. The Kier molecular flexibility index (Phi) is 3.43. The topological polar surface area (TPSA) is 44.4 Å². The predicted molar refractivity (Wildman–Crippen MR) is 68.0 cm³/mol. The van der Waals surface area contributed by atoms with E-state index in [1.165, 1.54) is 12.8 Å². The van der Waals surface area contributed by atoms with Gasteiger partial charge in [-0.1, -0.05) is 13.8 Å². The fourth-order valence-electron chi connectivity index (χ4n) is 2.50. The fourth-order valence-corrected chi connectivity index (χ4v) is 2.50. The molecule has 96 valence electrons. The monoisotopic (exact) mass is 237 g/mol. The molecule has 0 spiro atoms. The van der Waals surface area contributed by atoms with Crippen molar-refractivity contribution in [1.82, 2.24) is 15.8 Å². The van der Waals surface area contributed by atoms with Gasteiger partial charge in [0.2, 0.25) is 5.91 Å². The van der Waals surface area contributed by atoms with Crippen LogP contribution in [0.5, 0.6) is 0 Å². The maximum atomic E-state index is 12.0. The summed E-state index contributed by atoms with van der Waals surface area (Å²) >= 11 is 0. The number of hydrogen-bond donors (Lipinski definition) is 2. The predicted octanol–water partition coefficient (Wildman–Crippen LogP) is 1.41. The number of nitrogens with zero attached hydrogens (tertiary/aromatic N) is 1. The third-order valence-electron chi connectivity index (χ3n) is 3.83. The molecule has 4 nitrogen and oxygen atoms in total. The maximum Gasteiger partial charge on any atom is 0.250 e. The Bertz CT molecular complexity index is 326. The lowest BCUT2D eigenvalue weighted by Crippen LogP contribution is -2.40. The van der Waals surface area contributed by atoms with E-state index in [1.54, 1.807) is 0 Å². The van der Waals surface area contributed by atoms with Crippen molar-refractivity contribution in [2.24, 2.45) is 5.41 Å².